The topological polar surface area (TPSA) is 38.0 Å². The van der Waals surface area contributed by atoms with Crippen LogP contribution in [0.5, 0.6) is 0 Å². The molecule has 2 nitrogen and oxygen atoms in total. The third-order valence-corrected chi connectivity index (χ3v) is 1.87. The first-order valence-electron chi connectivity index (χ1n) is 2.65. The summed E-state index contributed by atoms with van der Waals surface area (Å²) in [6.07, 6.45) is -4.32. The van der Waals surface area contributed by atoms with Gasteiger partial charge < -0.3 is 5.43 Å². The zero-order valence-electron chi connectivity index (χ0n) is 5.27. The second-order valence-corrected chi connectivity index (χ2v) is 2.58. The molecule has 0 amide bonds. The number of rotatable bonds is 1. The minimum Gasteiger partial charge on any atom is -0.323 e. The molecule has 0 aliphatic rings. The molecule has 1 aromatic rings. The summed E-state index contributed by atoms with van der Waals surface area (Å²) in [5.41, 5.74) is 1.17. The summed E-state index contributed by atoms with van der Waals surface area (Å²) < 4.78 is 35.9. The van der Waals surface area contributed by atoms with Crippen LogP contribution in [0.1, 0.15) is 5.56 Å². The van der Waals surface area contributed by atoms with Crippen molar-refractivity contribution in [2.75, 3.05) is 5.43 Å². The molecule has 1 heterocycles. The summed E-state index contributed by atoms with van der Waals surface area (Å²) in [7, 11) is 0. The van der Waals surface area contributed by atoms with Crippen molar-refractivity contribution in [1.82, 2.24) is 0 Å². The Morgan fingerprint density at radius 1 is 1.36 bits per heavy atom. The Balaban J connectivity index is 3.02. The van der Waals surface area contributed by atoms with Gasteiger partial charge in [-0.2, -0.15) is 13.2 Å². The molecule has 3 N–H and O–H groups in total. The van der Waals surface area contributed by atoms with Crippen LogP contribution < -0.4 is 11.3 Å². The first-order valence-corrected chi connectivity index (χ1v) is 3.60. The van der Waals surface area contributed by atoms with E-state index in [9.17, 15) is 13.2 Å². The van der Waals surface area contributed by atoms with E-state index in [0.717, 1.165) is 16.7 Å². The van der Waals surface area contributed by atoms with E-state index in [1.807, 2.05) is 5.43 Å². The fourth-order valence-corrected chi connectivity index (χ4v) is 1.42. The third kappa shape index (κ3) is 1.63. The fraction of sp³-hybridized carbons (Fsp3) is 0.200. The normalized spacial score (nSPS) is 11.6. The number of hydrazine groups is 1. The summed E-state index contributed by atoms with van der Waals surface area (Å²) in [6, 6.07) is 0. The van der Waals surface area contributed by atoms with Crippen LogP contribution in [0.3, 0.4) is 0 Å². The smallest absolute Gasteiger partial charge is 0.323 e. The molecule has 0 aliphatic heterocycles. The zero-order chi connectivity index (χ0) is 8.48. The predicted octanol–water partition coefficient (Wildman–Crippen LogP) is 2.05. The van der Waals surface area contributed by atoms with Crippen molar-refractivity contribution < 1.29 is 13.2 Å². The monoisotopic (exact) mass is 182 g/mol. The molecule has 0 fully saturated rings. The maximum atomic E-state index is 12.0. The first kappa shape index (κ1) is 8.35. The molecule has 0 saturated carbocycles. The minimum atomic E-state index is -4.32. The highest BCUT2D eigenvalue weighted by atomic mass is 32.1. The molecule has 62 valence electrons. The highest BCUT2D eigenvalue weighted by Gasteiger charge is 2.33. The van der Waals surface area contributed by atoms with Gasteiger partial charge in [-0.1, -0.05) is 0 Å². The molecule has 1 rings (SSSR count). The number of nitrogens with two attached hydrogens (primary N) is 1. The van der Waals surface area contributed by atoms with Gasteiger partial charge in [-0.05, 0) is 0 Å². The van der Waals surface area contributed by atoms with Gasteiger partial charge in [-0.15, -0.1) is 11.3 Å². The van der Waals surface area contributed by atoms with Crippen molar-refractivity contribution in [2.45, 2.75) is 6.18 Å². The SMILES string of the molecule is NNc1cscc1C(F)(F)F. The van der Waals surface area contributed by atoms with Crippen molar-refractivity contribution in [3.63, 3.8) is 0 Å². The number of halogens is 3. The molecule has 0 radical (unpaired) electrons. The number of thiophene rings is 1. The van der Waals surface area contributed by atoms with Gasteiger partial charge in [-0.25, -0.2) is 0 Å². The standard InChI is InChI=1S/C5H5F3N2S/c6-5(7,8)3-1-11-2-4(3)10-9/h1-2,10H,9H2. The lowest BCUT2D eigenvalue weighted by atomic mass is 10.3. The minimum absolute atomic E-state index is 0.0810. The molecular formula is C5H5F3N2S. The van der Waals surface area contributed by atoms with E-state index in [4.69, 9.17) is 5.84 Å². The summed E-state index contributed by atoms with van der Waals surface area (Å²) in [4.78, 5) is 0. The van der Waals surface area contributed by atoms with E-state index in [1.165, 1.54) is 5.38 Å². The second-order valence-electron chi connectivity index (χ2n) is 1.84. The lowest BCUT2D eigenvalue weighted by molar-refractivity contribution is -0.136. The number of anilines is 1. The Morgan fingerprint density at radius 3 is 2.36 bits per heavy atom. The van der Waals surface area contributed by atoms with Gasteiger partial charge in [0.2, 0.25) is 0 Å². The second kappa shape index (κ2) is 2.71. The third-order valence-electron chi connectivity index (χ3n) is 1.12. The Labute approximate surface area is 64.8 Å². The van der Waals surface area contributed by atoms with Crippen LogP contribution in [0, 0.1) is 0 Å². The van der Waals surface area contributed by atoms with Gasteiger partial charge in [0, 0.05) is 10.8 Å². The molecular weight excluding hydrogens is 177 g/mol. The van der Waals surface area contributed by atoms with Gasteiger partial charge in [0.15, 0.2) is 0 Å². The van der Waals surface area contributed by atoms with Crippen LogP contribution in [-0.4, -0.2) is 0 Å². The molecule has 11 heavy (non-hydrogen) atoms. The Kier molecular flexibility index (Phi) is 2.05. The molecule has 0 atom stereocenters. The van der Waals surface area contributed by atoms with Crippen LogP contribution in [0.25, 0.3) is 0 Å². The van der Waals surface area contributed by atoms with Crippen molar-refractivity contribution in [3.05, 3.63) is 16.3 Å². The van der Waals surface area contributed by atoms with E-state index in [1.54, 1.807) is 0 Å². The Hall–Kier alpha value is -0.750. The first-order chi connectivity index (χ1) is 5.05. The van der Waals surface area contributed by atoms with Crippen LogP contribution in [-0.2, 0) is 6.18 Å². The van der Waals surface area contributed by atoms with Crippen LogP contribution in [0.15, 0.2) is 10.8 Å². The van der Waals surface area contributed by atoms with Crippen molar-refractivity contribution in [1.29, 1.82) is 0 Å². The van der Waals surface area contributed by atoms with Gasteiger partial charge >= 0.3 is 6.18 Å². The van der Waals surface area contributed by atoms with Gasteiger partial charge in [0.05, 0.1) is 11.3 Å². The van der Waals surface area contributed by atoms with E-state index < -0.39 is 11.7 Å². The van der Waals surface area contributed by atoms with Gasteiger partial charge in [0.25, 0.3) is 0 Å². The van der Waals surface area contributed by atoms with Crippen LogP contribution >= 0.6 is 11.3 Å². The zero-order valence-corrected chi connectivity index (χ0v) is 6.09. The van der Waals surface area contributed by atoms with E-state index in [0.29, 0.717) is 0 Å². The van der Waals surface area contributed by atoms with Crippen molar-refractivity contribution in [3.8, 4) is 0 Å². The maximum absolute atomic E-state index is 12.0. The van der Waals surface area contributed by atoms with Gasteiger partial charge in [-0.3, -0.25) is 5.84 Å². The largest absolute Gasteiger partial charge is 0.419 e. The molecule has 0 saturated heterocycles. The van der Waals surface area contributed by atoms with Crippen LogP contribution in [0.4, 0.5) is 18.9 Å². The average molecular weight is 182 g/mol. The fourth-order valence-electron chi connectivity index (χ4n) is 0.628. The number of nitrogens with one attached hydrogen (secondary N) is 1. The lowest BCUT2D eigenvalue weighted by Crippen LogP contribution is -2.12. The van der Waals surface area contributed by atoms with Crippen molar-refractivity contribution in [2.24, 2.45) is 5.84 Å². The van der Waals surface area contributed by atoms with Gasteiger partial charge in [0.1, 0.15) is 0 Å². The molecule has 0 unspecified atom stereocenters. The number of hydrogen-bond donors (Lipinski definition) is 2. The molecule has 0 spiro atoms. The molecule has 1 aromatic heterocycles. The summed E-state index contributed by atoms with van der Waals surface area (Å²) in [5.74, 6) is 4.85. The molecule has 0 aliphatic carbocycles. The lowest BCUT2D eigenvalue weighted by Gasteiger charge is -2.05. The average Bonchev–Trinajstić information content (AvgIpc) is 2.31. The molecule has 0 aromatic carbocycles. The Morgan fingerprint density at radius 2 is 2.00 bits per heavy atom. The number of nitrogen functional groups attached to an aromatic ring is 1. The van der Waals surface area contributed by atoms with Crippen LogP contribution in [0.2, 0.25) is 0 Å². The molecule has 0 bridgehead atoms. The highest BCUT2D eigenvalue weighted by Crippen LogP contribution is 2.36. The van der Waals surface area contributed by atoms with E-state index in [2.05, 4.69) is 0 Å². The Bertz CT molecular complexity index is 242. The number of hydrogen-bond acceptors (Lipinski definition) is 3. The predicted molar refractivity (Wildman–Crippen MR) is 37.1 cm³/mol. The quantitative estimate of drug-likeness (QED) is 0.515. The highest BCUT2D eigenvalue weighted by molar-refractivity contribution is 7.08. The summed E-state index contributed by atoms with van der Waals surface area (Å²) >= 11 is 0.955. The molecule has 6 heteroatoms. The van der Waals surface area contributed by atoms with Crippen molar-refractivity contribution >= 4 is 17.0 Å². The van der Waals surface area contributed by atoms with E-state index >= 15 is 0 Å². The summed E-state index contributed by atoms with van der Waals surface area (Å²) in [6.45, 7) is 0. The summed E-state index contributed by atoms with van der Waals surface area (Å²) in [5, 5.41) is 2.32. The maximum Gasteiger partial charge on any atom is 0.419 e. The number of alkyl halides is 3. The van der Waals surface area contributed by atoms with E-state index in [-0.39, 0.29) is 5.69 Å².